The number of hydrogen-bond acceptors (Lipinski definition) is 6. The number of carbonyl (C=O) groups excluding carboxylic acids is 1. The Balaban J connectivity index is 1.53. The molecule has 0 aliphatic carbocycles. The van der Waals surface area contributed by atoms with Gasteiger partial charge in [0.05, 0.1) is 10.5 Å². The number of anilines is 1. The van der Waals surface area contributed by atoms with Crippen LogP contribution < -0.4 is 5.32 Å². The third kappa shape index (κ3) is 4.02. The molecule has 8 nitrogen and oxygen atoms in total. The Kier molecular flexibility index (Phi) is 4.96. The summed E-state index contributed by atoms with van der Waals surface area (Å²) in [6.45, 7) is 0. The number of non-ortho nitro benzene ring substituents is 1. The molecule has 0 radical (unpaired) electrons. The molecule has 1 heterocycles. The van der Waals surface area contributed by atoms with Crippen LogP contribution in [0.25, 0.3) is 28.6 Å². The number of oxazole rings is 1. The van der Waals surface area contributed by atoms with E-state index in [4.69, 9.17) is 4.42 Å². The van der Waals surface area contributed by atoms with E-state index < -0.39 is 10.8 Å². The predicted molar refractivity (Wildman–Crippen MR) is 112 cm³/mol. The van der Waals surface area contributed by atoms with Crippen LogP contribution in [0.3, 0.4) is 0 Å². The number of carbonyl (C=O) groups is 1. The second-order valence-electron chi connectivity index (χ2n) is 6.39. The normalized spacial score (nSPS) is 11.1. The minimum atomic E-state index is -0.499. The fourth-order valence-electron chi connectivity index (χ4n) is 2.87. The number of nitrogens with one attached hydrogen (secondary N) is 1. The molecule has 30 heavy (non-hydrogen) atoms. The molecule has 1 aromatic heterocycles. The van der Waals surface area contributed by atoms with Crippen molar-refractivity contribution in [1.29, 1.82) is 0 Å². The zero-order chi connectivity index (χ0) is 21.1. The van der Waals surface area contributed by atoms with Gasteiger partial charge in [-0.1, -0.05) is 24.3 Å². The molecule has 4 rings (SSSR count). The van der Waals surface area contributed by atoms with E-state index in [1.807, 2.05) is 12.1 Å². The molecule has 0 saturated carbocycles. The van der Waals surface area contributed by atoms with E-state index in [0.29, 0.717) is 27.9 Å². The summed E-state index contributed by atoms with van der Waals surface area (Å²) in [6.07, 6.45) is 2.75. The van der Waals surface area contributed by atoms with Crippen LogP contribution in [0.5, 0.6) is 5.75 Å². The molecule has 0 fully saturated rings. The number of nitrogens with zero attached hydrogens (tertiary/aromatic N) is 2. The minimum Gasteiger partial charge on any atom is -0.507 e. The van der Waals surface area contributed by atoms with E-state index in [-0.39, 0.29) is 17.3 Å². The van der Waals surface area contributed by atoms with Crippen LogP contribution >= 0.6 is 0 Å². The van der Waals surface area contributed by atoms with E-state index in [2.05, 4.69) is 10.3 Å². The van der Waals surface area contributed by atoms with Gasteiger partial charge in [-0.05, 0) is 42.0 Å². The maximum atomic E-state index is 12.2. The number of aromatic hydroxyl groups is 1. The molecule has 0 atom stereocenters. The average Bonchev–Trinajstić information content (AvgIpc) is 3.18. The first-order valence-corrected chi connectivity index (χ1v) is 8.92. The third-order valence-electron chi connectivity index (χ3n) is 4.30. The molecule has 2 N–H and O–H groups in total. The van der Waals surface area contributed by atoms with Crippen molar-refractivity contribution in [2.75, 3.05) is 5.32 Å². The SMILES string of the molecule is O=C(/C=C/c1cccc([N+](=O)[O-])c1)Nc1ccc(O)c(-c2nc3ccccc3o2)c1. The summed E-state index contributed by atoms with van der Waals surface area (Å²) < 4.78 is 5.68. The van der Waals surface area contributed by atoms with Crippen molar-refractivity contribution in [1.82, 2.24) is 4.98 Å². The van der Waals surface area contributed by atoms with Gasteiger partial charge >= 0.3 is 0 Å². The van der Waals surface area contributed by atoms with Crippen molar-refractivity contribution in [2.24, 2.45) is 0 Å². The summed E-state index contributed by atoms with van der Waals surface area (Å²) in [7, 11) is 0. The quantitative estimate of drug-likeness (QED) is 0.215. The molecule has 148 valence electrons. The number of phenolic OH excluding ortho intramolecular Hbond substituents is 1. The van der Waals surface area contributed by atoms with E-state index in [1.54, 1.807) is 36.4 Å². The Morgan fingerprint density at radius 3 is 2.73 bits per heavy atom. The largest absolute Gasteiger partial charge is 0.507 e. The first-order chi connectivity index (χ1) is 14.5. The average molecular weight is 401 g/mol. The molecule has 0 unspecified atom stereocenters. The highest BCUT2D eigenvalue weighted by Crippen LogP contribution is 2.33. The number of rotatable bonds is 5. The highest BCUT2D eigenvalue weighted by atomic mass is 16.6. The van der Waals surface area contributed by atoms with E-state index in [0.717, 1.165) is 0 Å². The van der Waals surface area contributed by atoms with Crippen molar-refractivity contribution in [3.8, 4) is 17.2 Å². The molecule has 1 amide bonds. The van der Waals surface area contributed by atoms with E-state index >= 15 is 0 Å². The first kappa shape index (κ1) is 18.9. The van der Waals surface area contributed by atoms with E-state index in [9.17, 15) is 20.0 Å². The molecular formula is C22H15N3O5. The van der Waals surface area contributed by atoms with Gasteiger partial charge in [-0.25, -0.2) is 4.98 Å². The topological polar surface area (TPSA) is 118 Å². The number of amides is 1. The second kappa shape index (κ2) is 7.88. The Hall–Kier alpha value is -4.46. The van der Waals surface area contributed by atoms with Gasteiger partial charge in [0, 0.05) is 23.9 Å². The van der Waals surface area contributed by atoms with Crippen molar-refractivity contribution in [3.05, 3.63) is 88.5 Å². The lowest BCUT2D eigenvalue weighted by Crippen LogP contribution is -2.07. The Labute approximate surface area is 170 Å². The van der Waals surface area contributed by atoms with Crippen molar-refractivity contribution in [3.63, 3.8) is 0 Å². The highest BCUT2D eigenvalue weighted by Gasteiger charge is 2.13. The lowest BCUT2D eigenvalue weighted by molar-refractivity contribution is -0.384. The van der Waals surface area contributed by atoms with Crippen LogP contribution in [-0.2, 0) is 4.79 Å². The first-order valence-electron chi connectivity index (χ1n) is 8.92. The maximum absolute atomic E-state index is 12.2. The van der Waals surface area contributed by atoms with Crippen LogP contribution in [-0.4, -0.2) is 20.9 Å². The Morgan fingerprint density at radius 1 is 1.10 bits per heavy atom. The number of fused-ring (bicyclic) bond motifs is 1. The van der Waals surface area contributed by atoms with Crippen molar-refractivity contribution >= 4 is 34.5 Å². The number of benzene rings is 3. The predicted octanol–water partition coefficient (Wildman–Crippen LogP) is 4.76. The number of phenols is 1. The maximum Gasteiger partial charge on any atom is 0.270 e. The third-order valence-corrected chi connectivity index (χ3v) is 4.30. The highest BCUT2D eigenvalue weighted by molar-refractivity contribution is 6.02. The van der Waals surface area contributed by atoms with Crippen LogP contribution in [0.2, 0.25) is 0 Å². The molecule has 8 heteroatoms. The molecule has 0 aliphatic rings. The molecular weight excluding hydrogens is 386 g/mol. The number of nitro groups is 1. The van der Waals surface area contributed by atoms with Crippen LogP contribution in [0.4, 0.5) is 11.4 Å². The van der Waals surface area contributed by atoms with Gasteiger partial charge in [0.15, 0.2) is 5.58 Å². The number of para-hydroxylation sites is 2. The van der Waals surface area contributed by atoms with Gasteiger partial charge in [-0.15, -0.1) is 0 Å². The molecule has 0 spiro atoms. The van der Waals surface area contributed by atoms with Gasteiger partial charge in [0.2, 0.25) is 11.8 Å². The Bertz CT molecular complexity index is 1260. The molecule has 0 aliphatic heterocycles. The van der Waals surface area contributed by atoms with Crippen LogP contribution in [0, 0.1) is 10.1 Å². The van der Waals surface area contributed by atoms with Crippen molar-refractivity contribution in [2.45, 2.75) is 0 Å². The number of aromatic nitrogens is 1. The Morgan fingerprint density at radius 2 is 1.93 bits per heavy atom. The number of nitro benzene ring substituents is 1. The van der Waals surface area contributed by atoms with Crippen molar-refractivity contribution < 1.29 is 19.2 Å². The van der Waals surface area contributed by atoms with E-state index in [1.165, 1.54) is 30.4 Å². The summed E-state index contributed by atoms with van der Waals surface area (Å²) in [6, 6.07) is 17.7. The fourth-order valence-corrected chi connectivity index (χ4v) is 2.87. The monoisotopic (exact) mass is 401 g/mol. The molecule has 0 bridgehead atoms. The van der Waals surface area contributed by atoms with Crippen LogP contribution in [0.1, 0.15) is 5.56 Å². The summed E-state index contributed by atoms with van der Waals surface area (Å²) in [4.78, 5) is 26.9. The standard InChI is InChI=1S/C22H15N3O5/c26-19-10-9-15(13-17(19)22-24-18-6-1-2-7-20(18)30-22)23-21(27)11-8-14-4-3-5-16(12-14)25(28)29/h1-13,26H,(H,23,27)/b11-8+. The van der Waals surface area contributed by atoms with Gasteiger partial charge in [-0.3, -0.25) is 14.9 Å². The van der Waals surface area contributed by atoms with Gasteiger partial charge in [-0.2, -0.15) is 0 Å². The van der Waals surface area contributed by atoms with Gasteiger partial charge in [0.1, 0.15) is 11.3 Å². The van der Waals surface area contributed by atoms with Gasteiger partial charge in [0.25, 0.3) is 5.69 Å². The molecule has 4 aromatic rings. The zero-order valence-corrected chi connectivity index (χ0v) is 15.5. The lowest BCUT2D eigenvalue weighted by Gasteiger charge is -2.06. The summed E-state index contributed by atoms with van der Waals surface area (Å²) in [5, 5.41) is 23.7. The summed E-state index contributed by atoms with van der Waals surface area (Å²) >= 11 is 0. The lowest BCUT2D eigenvalue weighted by atomic mass is 10.1. The summed E-state index contributed by atoms with van der Waals surface area (Å²) in [5.41, 5.74) is 2.48. The zero-order valence-electron chi connectivity index (χ0n) is 15.5. The summed E-state index contributed by atoms with van der Waals surface area (Å²) in [5.74, 6) is -0.237. The fraction of sp³-hybridized carbons (Fsp3) is 0. The smallest absolute Gasteiger partial charge is 0.270 e. The molecule has 3 aromatic carbocycles. The minimum absolute atomic E-state index is 0.0355. The van der Waals surface area contributed by atoms with Crippen LogP contribution in [0.15, 0.2) is 77.2 Å². The molecule has 0 saturated heterocycles. The second-order valence-corrected chi connectivity index (χ2v) is 6.39. The number of hydrogen-bond donors (Lipinski definition) is 2. The van der Waals surface area contributed by atoms with Gasteiger partial charge < -0.3 is 14.8 Å².